The number of rotatable bonds is 10. The van der Waals surface area contributed by atoms with Gasteiger partial charge in [0, 0.05) is 28.6 Å². The fourth-order valence-corrected chi connectivity index (χ4v) is 4.39. The molecule has 0 aliphatic carbocycles. The van der Waals surface area contributed by atoms with E-state index in [4.69, 9.17) is 21.1 Å². The van der Waals surface area contributed by atoms with Crippen LogP contribution in [-0.4, -0.2) is 33.5 Å². The summed E-state index contributed by atoms with van der Waals surface area (Å²) in [5.74, 6) is 2.59. The Kier molecular flexibility index (Phi) is 8.28. The van der Waals surface area contributed by atoms with E-state index in [0.29, 0.717) is 33.9 Å². The van der Waals surface area contributed by atoms with Crippen molar-refractivity contribution in [2.75, 3.05) is 18.2 Å². The van der Waals surface area contributed by atoms with Gasteiger partial charge in [0.15, 0.2) is 11.0 Å². The molecule has 0 aliphatic heterocycles. The Hall–Kier alpha value is -3.49. The Morgan fingerprint density at radius 1 is 1.03 bits per heavy atom. The van der Waals surface area contributed by atoms with Crippen molar-refractivity contribution in [3.05, 3.63) is 89.2 Å². The summed E-state index contributed by atoms with van der Waals surface area (Å²) in [4.78, 5) is 12.5. The van der Waals surface area contributed by atoms with Crippen LogP contribution in [0.25, 0.3) is 5.69 Å². The van der Waals surface area contributed by atoms with Gasteiger partial charge in [-0.3, -0.25) is 9.36 Å². The number of hydrogen-bond donors (Lipinski definition) is 1. The van der Waals surface area contributed by atoms with Crippen molar-refractivity contribution in [3.63, 3.8) is 0 Å². The van der Waals surface area contributed by atoms with E-state index in [1.807, 2.05) is 72.2 Å². The smallest absolute Gasteiger partial charge is 0.225 e. The van der Waals surface area contributed by atoms with Gasteiger partial charge in [-0.25, -0.2) is 0 Å². The number of hydrogen-bond acceptors (Lipinski definition) is 6. The average molecular weight is 509 g/mol. The van der Waals surface area contributed by atoms with Crippen molar-refractivity contribution in [1.29, 1.82) is 0 Å². The SMILES string of the molecule is COc1ccc(NC(=O)CCSc2nnc(COc3ccc(Cl)cc3)n2-c2ccccc2)c(C)c1. The van der Waals surface area contributed by atoms with E-state index < -0.39 is 0 Å². The van der Waals surface area contributed by atoms with E-state index in [1.54, 1.807) is 19.2 Å². The first kappa shape index (κ1) is 24.6. The Morgan fingerprint density at radius 3 is 2.49 bits per heavy atom. The molecule has 1 N–H and O–H groups in total. The fourth-order valence-electron chi connectivity index (χ4n) is 3.35. The maximum absolute atomic E-state index is 12.5. The molecule has 0 atom stereocenters. The van der Waals surface area contributed by atoms with Crippen LogP contribution in [0, 0.1) is 6.92 Å². The second-order valence-corrected chi connectivity index (χ2v) is 9.14. The molecule has 0 radical (unpaired) electrons. The minimum Gasteiger partial charge on any atom is -0.497 e. The van der Waals surface area contributed by atoms with Gasteiger partial charge in [-0.05, 0) is 67.1 Å². The second-order valence-electron chi connectivity index (χ2n) is 7.64. The normalized spacial score (nSPS) is 10.7. The minimum absolute atomic E-state index is 0.0668. The highest BCUT2D eigenvalue weighted by Gasteiger charge is 2.16. The van der Waals surface area contributed by atoms with Crippen LogP contribution in [0.3, 0.4) is 0 Å². The molecule has 35 heavy (non-hydrogen) atoms. The highest BCUT2D eigenvalue weighted by molar-refractivity contribution is 7.99. The Morgan fingerprint density at radius 2 is 1.77 bits per heavy atom. The van der Waals surface area contributed by atoms with Gasteiger partial charge in [-0.15, -0.1) is 10.2 Å². The fraction of sp³-hybridized carbons (Fsp3) is 0.192. The predicted molar refractivity (Wildman–Crippen MR) is 139 cm³/mol. The van der Waals surface area contributed by atoms with Crippen LogP contribution in [0.2, 0.25) is 5.02 Å². The third-order valence-electron chi connectivity index (χ3n) is 5.16. The largest absolute Gasteiger partial charge is 0.497 e. The molecule has 0 aliphatic rings. The zero-order valence-corrected chi connectivity index (χ0v) is 21.0. The molecule has 0 bridgehead atoms. The second kappa shape index (κ2) is 11.8. The molecule has 3 aromatic carbocycles. The van der Waals surface area contributed by atoms with Crippen LogP contribution in [0.5, 0.6) is 11.5 Å². The van der Waals surface area contributed by atoms with Crippen LogP contribution in [-0.2, 0) is 11.4 Å². The predicted octanol–water partition coefficient (Wildman–Crippen LogP) is 5.94. The summed E-state index contributed by atoms with van der Waals surface area (Å²) in [5, 5.41) is 13.0. The quantitative estimate of drug-likeness (QED) is 0.267. The number of carbonyl (C=O) groups is 1. The van der Waals surface area contributed by atoms with Crippen LogP contribution >= 0.6 is 23.4 Å². The Balaban J connectivity index is 1.41. The molecule has 180 valence electrons. The molecule has 4 aromatic rings. The summed E-state index contributed by atoms with van der Waals surface area (Å²) in [7, 11) is 1.62. The van der Waals surface area contributed by atoms with Crippen LogP contribution < -0.4 is 14.8 Å². The van der Waals surface area contributed by atoms with E-state index in [9.17, 15) is 4.79 Å². The van der Waals surface area contributed by atoms with Crippen molar-refractivity contribution >= 4 is 35.0 Å². The summed E-state index contributed by atoms with van der Waals surface area (Å²) in [6.45, 7) is 2.17. The number of halogens is 1. The highest BCUT2D eigenvalue weighted by Crippen LogP contribution is 2.25. The lowest BCUT2D eigenvalue weighted by Gasteiger charge is -2.12. The number of nitrogens with zero attached hydrogens (tertiary/aromatic N) is 3. The number of aromatic nitrogens is 3. The van der Waals surface area contributed by atoms with Gasteiger partial charge in [-0.2, -0.15) is 0 Å². The van der Waals surface area contributed by atoms with Gasteiger partial charge in [-0.1, -0.05) is 41.6 Å². The van der Waals surface area contributed by atoms with Crippen LogP contribution in [0.1, 0.15) is 17.8 Å². The van der Waals surface area contributed by atoms with Crippen molar-refractivity contribution < 1.29 is 14.3 Å². The van der Waals surface area contributed by atoms with E-state index in [2.05, 4.69) is 15.5 Å². The number of amides is 1. The van der Waals surface area contributed by atoms with E-state index in [1.165, 1.54) is 11.8 Å². The molecule has 1 heterocycles. The number of methoxy groups -OCH3 is 1. The maximum atomic E-state index is 12.5. The number of benzene rings is 3. The van der Waals surface area contributed by atoms with E-state index >= 15 is 0 Å². The molecule has 0 saturated heterocycles. The lowest BCUT2D eigenvalue weighted by atomic mass is 10.2. The number of thioether (sulfide) groups is 1. The Labute approximate surface area is 213 Å². The molecular weight excluding hydrogens is 484 g/mol. The topological polar surface area (TPSA) is 78.3 Å². The van der Waals surface area contributed by atoms with Crippen molar-refractivity contribution in [3.8, 4) is 17.2 Å². The molecule has 0 unspecified atom stereocenters. The van der Waals surface area contributed by atoms with Crippen LogP contribution in [0.15, 0.2) is 78.0 Å². The minimum atomic E-state index is -0.0668. The van der Waals surface area contributed by atoms with Gasteiger partial charge in [0.25, 0.3) is 0 Å². The van der Waals surface area contributed by atoms with Gasteiger partial charge in [0.05, 0.1) is 7.11 Å². The van der Waals surface area contributed by atoms with Gasteiger partial charge < -0.3 is 14.8 Å². The number of anilines is 1. The summed E-state index contributed by atoms with van der Waals surface area (Å²) in [5.41, 5.74) is 2.64. The number of aryl methyl sites for hydroxylation is 1. The molecule has 0 fully saturated rings. The summed E-state index contributed by atoms with van der Waals surface area (Å²) in [6, 6.07) is 22.6. The monoisotopic (exact) mass is 508 g/mol. The lowest BCUT2D eigenvalue weighted by molar-refractivity contribution is -0.115. The van der Waals surface area contributed by atoms with E-state index in [-0.39, 0.29) is 12.5 Å². The lowest BCUT2D eigenvalue weighted by Crippen LogP contribution is -2.13. The first-order valence-corrected chi connectivity index (χ1v) is 12.3. The molecule has 4 rings (SSSR count). The van der Waals surface area contributed by atoms with Crippen LogP contribution in [0.4, 0.5) is 5.69 Å². The molecule has 7 nitrogen and oxygen atoms in total. The molecule has 1 aromatic heterocycles. The van der Waals surface area contributed by atoms with Crippen molar-refractivity contribution in [2.45, 2.75) is 25.1 Å². The van der Waals surface area contributed by atoms with Gasteiger partial charge in [0.1, 0.15) is 18.1 Å². The molecule has 0 spiro atoms. The van der Waals surface area contributed by atoms with Gasteiger partial charge >= 0.3 is 0 Å². The molecule has 1 amide bonds. The standard InChI is InChI=1S/C26H25ClN4O3S/c1-18-16-22(33-2)12-13-23(18)28-25(32)14-15-35-26-30-29-24(31(26)20-6-4-3-5-7-20)17-34-21-10-8-19(27)9-11-21/h3-13,16H,14-15,17H2,1-2H3,(H,28,32). The van der Waals surface area contributed by atoms with Crippen molar-refractivity contribution in [2.24, 2.45) is 0 Å². The number of carbonyl (C=O) groups excluding carboxylic acids is 1. The average Bonchev–Trinajstić information content (AvgIpc) is 3.28. The van der Waals surface area contributed by atoms with Crippen molar-refractivity contribution in [1.82, 2.24) is 14.8 Å². The zero-order chi connectivity index (χ0) is 24.6. The summed E-state index contributed by atoms with van der Waals surface area (Å²) >= 11 is 7.43. The molecule has 0 saturated carbocycles. The number of nitrogens with one attached hydrogen (secondary N) is 1. The summed E-state index contributed by atoms with van der Waals surface area (Å²) < 4.78 is 13.1. The first-order valence-electron chi connectivity index (χ1n) is 11.0. The highest BCUT2D eigenvalue weighted by atomic mass is 35.5. The Bertz CT molecular complexity index is 1280. The van der Waals surface area contributed by atoms with Gasteiger partial charge in [0.2, 0.25) is 5.91 Å². The zero-order valence-electron chi connectivity index (χ0n) is 19.4. The molecule has 9 heteroatoms. The number of ether oxygens (including phenoxy) is 2. The number of para-hydroxylation sites is 1. The maximum Gasteiger partial charge on any atom is 0.225 e. The molecular formula is C26H25ClN4O3S. The third-order valence-corrected chi connectivity index (χ3v) is 6.35. The van der Waals surface area contributed by atoms with E-state index in [0.717, 1.165) is 22.7 Å². The first-order chi connectivity index (χ1) is 17.0. The summed E-state index contributed by atoms with van der Waals surface area (Å²) in [6.07, 6.45) is 0.328. The third kappa shape index (κ3) is 6.55.